The number of hydrogen-bond donors (Lipinski definition) is 0. The largest absolute Gasteiger partial charge is 0.454 e. The van der Waals surface area contributed by atoms with Crippen LogP contribution in [0.3, 0.4) is 0 Å². The van der Waals surface area contributed by atoms with E-state index in [0.717, 1.165) is 11.0 Å². The lowest BCUT2D eigenvalue weighted by Crippen LogP contribution is -2.31. The minimum Gasteiger partial charge on any atom is -0.454 e. The molecule has 0 spiro atoms. The van der Waals surface area contributed by atoms with Crippen LogP contribution < -0.4 is 4.90 Å². The van der Waals surface area contributed by atoms with E-state index in [9.17, 15) is 29.3 Å². The highest BCUT2D eigenvalue weighted by molar-refractivity contribution is 6.32. The molecule has 0 aromatic heterocycles. The number of nitro benzene ring substituents is 1. The predicted octanol–water partition coefficient (Wildman–Crippen LogP) is 3.74. The minimum absolute atomic E-state index is 0.0304. The van der Waals surface area contributed by atoms with E-state index in [0.29, 0.717) is 12.8 Å². The molecule has 2 amide bonds. The van der Waals surface area contributed by atoms with Crippen LogP contribution in [0.4, 0.5) is 11.4 Å². The van der Waals surface area contributed by atoms with Gasteiger partial charge in [-0.05, 0) is 43.2 Å². The molecule has 10 heteroatoms. The van der Waals surface area contributed by atoms with Crippen LogP contribution in [-0.4, -0.2) is 35.1 Å². The molecule has 1 heterocycles. The smallest absolute Gasteiger partial charge is 0.338 e. The molecule has 2 aliphatic rings. The molecule has 4 rings (SSSR count). The predicted molar refractivity (Wildman–Crippen MR) is 117 cm³/mol. The van der Waals surface area contributed by atoms with Gasteiger partial charge in [-0.25, -0.2) is 4.79 Å². The Kier molecular flexibility index (Phi) is 6.06. The first-order valence-corrected chi connectivity index (χ1v) is 10.4. The minimum atomic E-state index is -0.841. The molecule has 0 N–H and O–H groups in total. The number of ether oxygens (including phenoxy) is 1. The van der Waals surface area contributed by atoms with Crippen LogP contribution in [0.15, 0.2) is 54.6 Å². The number of halogens is 1. The number of carbonyl (C=O) groups is 4. The van der Waals surface area contributed by atoms with Crippen LogP contribution in [0.1, 0.15) is 33.6 Å². The van der Waals surface area contributed by atoms with Crippen molar-refractivity contribution in [1.29, 1.82) is 0 Å². The zero-order chi connectivity index (χ0) is 23.7. The number of anilines is 1. The van der Waals surface area contributed by atoms with Crippen molar-refractivity contribution in [2.24, 2.45) is 11.8 Å². The van der Waals surface area contributed by atoms with Crippen molar-refractivity contribution < 1.29 is 28.8 Å². The molecule has 168 valence electrons. The highest BCUT2D eigenvalue weighted by Gasteiger charge is 2.47. The monoisotopic (exact) mass is 468 g/mol. The van der Waals surface area contributed by atoms with Gasteiger partial charge < -0.3 is 4.74 Å². The van der Waals surface area contributed by atoms with E-state index in [1.165, 1.54) is 30.3 Å². The fraction of sp³-hybridized carbons (Fsp3) is 0.217. The molecule has 1 aliphatic heterocycles. The third kappa shape index (κ3) is 4.27. The van der Waals surface area contributed by atoms with Crippen LogP contribution >= 0.6 is 11.6 Å². The summed E-state index contributed by atoms with van der Waals surface area (Å²) in [5, 5.41) is 10.9. The second-order valence-corrected chi connectivity index (χ2v) is 8.05. The maximum atomic E-state index is 12.8. The summed E-state index contributed by atoms with van der Waals surface area (Å²) in [6, 6.07) is 9.38. The quantitative estimate of drug-likeness (QED) is 0.158. The van der Waals surface area contributed by atoms with E-state index >= 15 is 0 Å². The van der Waals surface area contributed by atoms with E-state index in [1.807, 2.05) is 12.2 Å². The number of rotatable bonds is 6. The molecule has 1 saturated heterocycles. The molecule has 0 bridgehead atoms. The highest BCUT2D eigenvalue weighted by Crippen LogP contribution is 2.37. The van der Waals surface area contributed by atoms with E-state index in [2.05, 4.69) is 0 Å². The third-order valence-corrected chi connectivity index (χ3v) is 5.97. The number of imide groups is 1. The maximum absolute atomic E-state index is 12.8. The second kappa shape index (κ2) is 8.95. The number of esters is 1. The normalized spacial score (nSPS) is 19.4. The molecule has 0 saturated carbocycles. The Labute approximate surface area is 192 Å². The number of nitro groups is 1. The zero-order valence-electron chi connectivity index (χ0n) is 17.1. The van der Waals surface area contributed by atoms with Gasteiger partial charge in [-0.1, -0.05) is 29.8 Å². The molecule has 9 nitrogen and oxygen atoms in total. The summed E-state index contributed by atoms with van der Waals surface area (Å²) in [5.41, 5.74) is -0.154. The topological polar surface area (TPSA) is 124 Å². The van der Waals surface area contributed by atoms with E-state index < -0.39 is 40.8 Å². The van der Waals surface area contributed by atoms with Crippen LogP contribution in [0, 0.1) is 22.0 Å². The van der Waals surface area contributed by atoms with Crippen molar-refractivity contribution in [2.75, 3.05) is 11.5 Å². The average molecular weight is 469 g/mol. The summed E-state index contributed by atoms with van der Waals surface area (Å²) in [6.07, 6.45) is 4.77. The summed E-state index contributed by atoms with van der Waals surface area (Å²) in [7, 11) is 0. The molecule has 33 heavy (non-hydrogen) atoms. The van der Waals surface area contributed by atoms with Gasteiger partial charge in [0.05, 0.1) is 28.0 Å². The number of allylic oxidation sites excluding steroid dienone is 2. The lowest BCUT2D eigenvalue weighted by atomic mass is 9.85. The molecule has 2 aromatic carbocycles. The summed E-state index contributed by atoms with van der Waals surface area (Å²) >= 11 is 5.74. The van der Waals surface area contributed by atoms with Gasteiger partial charge in [-0.15, -0.1) is 0 Å². The molecule has 1 aliphatic carbocycles. The second-order valence-electron chi connectivity index (χ2n) is 7.64. The number of hydrogen-bond acceptors (Lipinski definition) is 7. The van der Waals surface area contributed by atoms with Crippen molar-refractivity contribution in [3.63, 3.8) is 0 Å². The average Bonchev–Trinajstić information content (AvgIpc) is 3.07. The van der Waals surface area contributed by atoms with Crippen LogP contribution in [0.5, 0.6) is 0 Å². The van der Waals surface area contributed by atoms with Crippen LogP contribution in [0.25, 0.3) is 0 Å². The molecule has 2 unspecified atom stereocenters. The van der Waals surface area contributed by atoms with Crippen molar-refractivity contribution in [3.8, 4) is 0 Å². The highest BCUT2D eigenvalue weighted by atomic mass is 35.5. The van der Waals surface area contributed by atoms with E-state index in [4.69, 9.17) is 16.3 Å². The van der Waals surface area contributed by atoms with Crippen LogP contribution in [0.2, 0.25) is 5.02 Å². The van der Waals surface area contributed by atoms with Gasteiger partial charge in [-0.3, -0.25) is 29.4 Å². The summed E-state index contributed by atoms with van der Waals surface area (Å²) in [6.45, 7) is -0.654. The molecule has 1 fully saturated rings. The Morgan fingerprint density at radius 3 is 2.33 bits per heavy atom. The van der Waals surface area contributed by atoms with Crippen molar-refractivity contribution in [1.82, 2.24) is 0 Å². The number of nitrogens with zero attached hydrogens (tertiary/aromatic N) is 2. The maximum Gasteiger partial charge on any atom is 0.338 e. The van der Waals surface area contributed by atoms with Crippen molar-refractivity contribution >= 4 is 46.5 Å². The molecule has 0 radical (unpaired) electrons. The van der Waals surface area contributed by atoms with Gasteiger partial charge in [0, 0.05) is 11.6 Å². The lowest BCUT2D eigenvalue weighted by Gasteiger charge is -2.15. The SMILES string of the molecule is O=C(COC(=O)c1cccc(N2C(=O)C3CC=CCC3C2=O)c1)c1ccc(Cl)c([N+](=O)[O-])c1. The number of fused-ring (bicyclic) bond motifs is 1. The van der Waals surface area contributed by atoms with Gasteiger partial charge in [0.15, 0.2) is 6.61 Å². The first kappa shape index (κ1) is 22.3. The third-order valence-electron chi connectivity index (χ3n) is 5.65. The Hall–Kier alpha value is -3.85. The van der Waals surface area contributed by atoms with Gasteiger partial charge in [0.25, 0.3) is 5.69 Å². The number of carbonyl (C=O) groups excluding carboxylic acids is 4. The number of Topliss-reactive ketones (excluding diaryl/α,β-unsaturated/α-hetero) is 1. The standard InChI is InChI=1S/C23H17ClN2O7/c24-18-9-8-13(11-19(18)26(31)32)20(27)12-33-23(30)14-4-3-5-15(10-14)25-21(28)16-6-1-2-7-17(16)22(25)29/h1-5,8-11,16-17H,6-7,12H2. The Bertz CT molecular complexity index is 1200. The number of ketones is 1. The van der Waals surface area contributed by atoms with Crippen molar-refractivity contribution in [2.45, 2.75) is 12.8 Å². The molecule has 2 aromatic rings. The Balaban J connectivity index is 1.46. The van der Waals surface area contributed by atoms with Crippen molar-refractivity contribution in [3.05, 3.63) is 80.9 Å². The van der Waals surface area contributed by atoms with Gasteiger partial charge in [0.1, 0.15) is 5.02 Å². The molecular formula is C23H17ClN2O7. The van der Waals surface area contributed by atoms with Crippen LogP contribution in [-0.2, 0) is 14.3 Å². The molecular weight excluding hydrogens is 452 g/mol. The van der Waals surface area contributed by atoms with E-state index in [1.54, 1.807) is 6.07 Å². The summed E-state index contributed by atoms with van der Waals surface area (Å²) in [4.78, 5) is 61.7. The number of amides is 2. The fourth-order valence-corrected chi connectivity index (χ4v) is 4.14. The fourth-order valence-electron chi connectivity index (χ4n) is 3.95. The molecule has 2 atom stereocenters. The Morgan fingerprint density at radius 2 is 1.70 bits per heavy atom. The van der Waals surface area contributed by atoms with Gasteiger partial charge in [-0.2, -0.15) is 0 Å². The summed E-state index contributed by atoms with van der Waals surface area (Å²) in [5.74, 6) is -2.91. The summed E-state index contributed by atoms with van der Waals surface area (Å²) < 4.78 is 5.05. The number of benzene rings is 2. The van der Waals surface area contributed by atoms with Gasteiger partial charge >= 0.3 is 5.97 Å². The first-order chi connectivity index (χ1) is 15.8. The first-order valence-electron chi connectivity index (χ1n) is 10.0. The zero-order valence-corrected chi connectivity index (χ0v) is 17.9. The van der Waals surface area contributed by atoms with E-state index in [-0.39, 0.29) is 33.7 Å². The Morgan fingerprint density at radius 1 is 1.03 bits per heavy atom. The lowest BCUT2D eigenvalue weighted by molar-refractivity contribution is -0.384. The van der Waals surface area contributed by atoms with Gasteiger partial charge in [0.2, 0.25) is 17.6 Å².